The maximum atomic E-state index is 2.45. The number of hydrogen-bond donors (Lipinski definition) is 0. The van der Waals surface area contributed by atoms with Crippen LogP contribution in [-0.4, -0.2) is 0 Å². The Balaban J connectivity index is 1.21. The molecule has 2 aromatic heterocycles. The molecular weight excluding hydrogens is 687 g/mol. The number of nitrogens with zero attached hydrogens (tertiary/aromatic N) is 1. The molecule has 2 heterocycles. The van der Waals surface area contributed by atoms with Crippen LogP contribution >= 0.6 is 34.4 Å². The zero-order valence-electron chi connectivity index (χ0n) is 28.1. The average Bonchev–Trinajstić information content (AvgIpc) is 3.77. The van der Waals surface area contributed by atoms with Crippen molar-refractivity contribution in [1.82, 2.24) is 0 Å². The summed E-state index contributed by atoms with van der Waals surface area (Å²) in [7, 11) is 0. The Morgan fingerprint density at radius 1 is 0.365 bits per heavy atom. The Morgan fingerprint density at radius 2 is 0.904 bits per heavy atom. The molecule has 10 rings (SSSR count). The van der Waals surface area contributed by atoms with Crippen molar-refractivity contribution in [3.8, 4) is 22.3 Å². The fourth-order valence-electron chi connectivity index (χ4n) is 7.32. The minimum absolute atomic E-state index is 1.12. The van der Waals surface area contributed by atoms with E-state index >= 15 is 0 Å². The van der Waals surface area contributed by atoms with Gasteiger partial charge in [-0.25, -0.2) is 0 Å². The van der Waals surface area contributed by atoms with Crippen molar-refractivity contribution in [1.29, 1.82) is 0 Å². The predicted molar refractivity (Wildman–Crippen MR) is 228 cm³/mol. The molecule has 8 aromatic carbocycles. The maximum absolute atomic E-state index is 2.45. The quantitative estimate of drug-likeness (QED) is 0.161. The first kappa shape index (κ1) is 31.1. The molecule has 0 aliphatic carbocycles. The molecule has 0 amide bonds. The van der Waals surface area contributed by atoms with Crippen LogP contribution < -0.4 is 4.90 Å². The van der Waals surface area contributed by atoms with Crippen molar-refractivity contribution in [3.05, 3.63) is 188 Å². The van der Waals surface area contributed by atoms with E-state index < -0.39 is 0 Å². The molecule has 0 bridgehead atoms. The highest BCUT2D eigenvalue weighted by atomic mass is 32.2. The van der Waals surface area contributed by atoms with Gasteiger partial charge in [-0.3, -0.25) is 0 Å². The summed E-state index contributed by atoms with van der Waals surface area (Å²) in [5.41, 5.74) is 8.35. The van der Waals surface area contributed by atoms with Gasteiger partial charge in [0.05, 0.1) is 0 Å². The molecule has 0 saturated carbocycles. The lowest BCUT2D eigenvalue weighted by atomic mass is 9.99. The topological polar surface area (TPSA) is 3.24 Å². The van der Waals surface area contributed by atoms with Crippen molar-refractivity contribution in [2.45, 2.75) is 9.79 Å². The van der Waals surface area contributed by atoms with Crippen LogP contribution in [0.3, 0.4) is 0 Å². The molecule has 0 unspecified atom stereocenters. The Morgan fingerprint density at radius 3 is 1.65 bits per heavy atom. The third-order valence-electron chi connectivity index (χ3n) is 9.72. The normalized spacial score (nSPS) is 11.5. The minimum Gasteiger partial charge on any atom is -0.310 e. The molecule has 0 saturated heterocycles. The second-order valence-electron chi connectivity index (χ2n) is 12.9. The number of rotatable bonds is 7. The first-order chi connectivity index (χ1) is 25.8. The third-order valence-corrected chi connectivity index (χ3v) is 13.1. The second-order valence-corrected chi connectivity index (χ2v) is 16.2. The fraction of sp³-hybridized carbons (Fsp3) is 0. The molecule has 246 valence electrons. The Bertz CT molecular complexity index is 2870. The summed E-state index contributed by atoms with van der Waals surface area (Å²) in [6, 6.07) is 68.7. The van der Waals surface area contributed by atoms with Crippen LogP contribution in [0.1, 0.15) is 0 Å². The van der Waals surface area contributed by atoms with Crippen LogP contribution in [0.5, 0.6) is 0 Å². The van der Waals surface area contributed by atoms with E-state index in [2.05, 4.69) is 193 Å². The van der Waals surface area contributed by atoms with Crippen molar-refractivity contribution < 1.29 is 0 Å². The molecule has 1 nitrogen and oxygen atoms in total. The molecule has 0 aliphatic heterocycles. The lowest BCUT2D eigenvalue weighted by Crippen LogP contribution is -2.10. The lowest BCUT2D eigenvalue weighted by molar-refractivity contribution is 1.27. The van der Waals surface area contributed by atoms with Gasteiger partial charge in [-0.1, -0.05) is 127 Å². The predicted octanol–water partition coefficient (Wildman–Crippen LogP) is 15.4. The number of hydrogen-bond acceptors (Lipinski definition) is 4. The van der Waals surface area contributed by atoms with Crippen LogP contribution in [-0.2, 0) is 0 Å². The van der Waals surface area contributed by atoms with Gasteiger partial charge in [0.15, 0.2) is 0 Å². The van der Waals surface area contributed by atoms with Crippen molar-refractivity contribution in [2.75, 3.05) is 4.90 Å². The Kier molecular flexibility index (Phi) is 7.87. The first-order valence-corrected chi connectivity index (χ1v) is 19.9. The molecule has 0 fully saturated rings. The van der Waals surface area contributed by atoms with Crippen molar-refractivity contribution >= 4 is 91.8 Å². The van der Waals surface area contributed by atoms with E-state index in [0.717, 1.165) is 17.1 Å². The van der Waals surface area contributed by atoms with Crippen LogP contribution in [0.4, 0.5) is 17.1 Å². The van der Waals surface area contributed by atoms with Crippen LogP contribution in [0.2, 0.25) is 0 Å². The molecule has 0 atom stereocenters. The Labute approximate surface area is 315 Å². The summed E-state index contributed by atoms with van der Waals surface area (Å²) in [5, 5.41) is 5.19. The van der Waals surface area contributed by atoms with Crippen LogP contribution in [0, 0.1) is 0 Å². The van der Waals surface area contributed by atoms with Gasteiger partial charge >= 0.3 is 0 Å². The van der Waals surface area contributed by atoms with E-state index in [4.69, 9.17) is 0 Å². The molecular formula is C48H31NS3. The highest BCUT2D eigenvalue weighted by Crippen LogP contribution is 2.47. The van der Waals surface area contributed by atoms with Crippen molar-refractivity contribution in [3.63, 3.8) is 0 Å². The fourth-order valence-corrected chi connectivity index (χ4v) is 10.5. The third kappa shape index (κ3) is 5.57. The van der Waals surface area contributed by atoms with Gasteiger partial charge in [-0.2, -0.15) is 0 Å². The molecule has 52 heavy (non-hydrogen) atoms. The van der Waals surface area contributed by atoms with Gasteiger partial charge < -0.3 is 4.90 Å². The lowest BCUT2D eigenvalue weighted by Gasteiger charge is -2.27. The molecule has 0 radical (unpaired) electrons. The standard InChI is InChI=1S/C48H31NS3/c1-4-13-32(14-5-1)38-26-23-36(31-47(38)50-37-17-8-3-9-18-37)49(34-24-27-44-41(29-34)40-19-10-11-21-43(40)51-44)35-25-28-45-42(30-35)48-39(20-12-22-46(48)52-45)33-15-6-2-7-16-33/h1-31H. The van der Waals surface area contributed by atoms with Gasteiger partial charge in [-0.15, -0.1) is 22.7 Å². The monoisotopic (exact) mass is 717 g/mol. The highest BCUT2D eigenvalue weighted by molar-refractivity contribution is 7.99. The molecule has 0 spiro atoms. The van der Waals surface area contributed by atoms with Gasteiger partial charge in [0.25, 0.3) is 0 Å². The van der Waals surface area contributed by atoms with Crippen LogP contribution in [0.15, 0.2) is 198 Å². The summed E-state index contributed by atoms with van der Waals surface area (Å²) < 4.78 is 5.21. The summed E-state index contributed by atoms with van der Waals surface area (Å²) >= 11 is 5.55. The number of thiophene rings is 2. The second kappa shape index (κ2) is 13.2. The number of benzene rings is 8. The van der Waals surface area contributed by atoms with Crippen molar-refractivity contribution in [2.24, 2.45) is 0 Å². The van der Waals surface area contributed by atoms with Gasteiger partial charge in [0.2, 0.25) is 0 Å². The molecule has 4 heteroatoms. The summed E-state index contributed by atoms with van der Waals surface area (Å²) in [5.74, 6) is 0. The SMILES string of the molecule is c1ccc(Sc2cc(N(c3ccc4sc5ccccc5c4c3)c3ccc4sc5cccc(-c6ccccc6)c5c4c3)ccc2-c2ccccc2)cc1. The van der Waals surface area contributed by atoms with E-state index in [1.54, 1.807) is 0 Å². The summed E-state index contributed by atoms with van der Waals surface area (Å²) in [4.78, 5) is 4.88. The van der Waals surface area contributed by atoms with Gasteiger partial charge in [-0.05, 0) is 95.1 Å². The zero-order valence-corrected chi connectivity index (χ0v) is 30.5. The first-order valence-electron chi connectivity index (χ1n) is 17.4. The highest BCUT2D eigenvalue weighted by Gasteiger charge is 2.20. The largest absolute Gasteiger partial charge is 0.310 e. The van der Waals surface area contributed by atoms with Gasteiger partial charge in [0, 0.05) is 67.2 Å². The molecule has 10 aromatic rings. The average molecular weight is 718 g/mol. The summed E-state index contributed by atoms with van der Waals surface area (Å²) in [6.07, 6.45) is 0. The zero-order chi connectivity index (χ0) is 34.4. The Hall–Kier alpha value is -5.65. The minimum atomic E-state index is 1.12. The van der Waals surface area contributed by atoms with E-state index in [9.17, 15) is 0 Å². The van der Waals surface area contributed by atoms with Gasteiger partial charge in [0.1, 0.15) is 0 Å². The van der Waals surface area contributed by atoms with E-state index in [1.165, 1.54) is 72.4 Å². The smallest absolute Gasteiger partial charge is 0.0473 e. The molecule has 0 aliphatic rings. The number of fused-ring (bicyclic) bond motifs is 6. The van der Waals surface area contributed by atoms with E-state index in [1.807, 2.05) is 34.4 Å². The van der Waals surface area contributed by atoms with E-state index in [-0.39, 0.29) is 0 Å². The summed E-state index contributed by atoms with van der Waals surface area (Å²) in [6.45, 7) is 0. The number of anilines is 3. The molecule has 0 N–H and O–H groups in total. The van der Waals surface area contributed by atoms with Crippen LogP contribution in [0.25, 0.3) is 62.6 Å². The maximum Gasteiger partial charge on any atom is 0.0473 e. The van der Waals surface area contributed by atoms with E-state index in [0.29, 0.717) is 0 Å².